The molecule has 0 N–H and O–H groups in total. The molecule has 3 rings (SSSR count). The summed E-state index contributed by atoms with van der Waals surface area (Å²) in [6.07, 6.45) is 1.49. The molecule has 2 aromatic carbocycles. The van der Waals surface area contributed by atoms with Gasteiger partial charge in [0.05, 0.1) is 23.7 Å². The van der Waals surface area contributed by atoms with Crippen LogP contribution in [0.1, 0.15) is 21.7 Å². The van der Waals surface area contributed by atoms with Crippen LogP contribution in [0.3, 0.4) is 0 Å². The van der Waals surface area contributed by atoms with Crippen molar-refractivity contribution in [3.8, 4) is 11.4 Å². The Hall–Kier alpha value is -2.95. The van der Waals surface area contributed by atoms with E-state index in [9.17, 15) is 4.79 Å². The zero-order valence-corrected chi connectivity index (χ0v) is 12.8. The Kier molecular flexibility index (Phi) is 4.47. The van der Waals surface area contributed by atoms with Crippen molar-refractivity contribution in [1.29, 1.82) is 0 Å². The Bertz CT molecular complexity index is 780. The molecule has 0 amide bonds. The Morgan fingerprint density at radius 2 is 1.78 bits per heavy atom. The van der Waals surface area contributed by atoms with Gasteiger partial charge in [-0.05, 0) is 43.3 Å². The molecule has 0 aliphatic carbocycles. The molecule has 5 nitrogen and oxygen atoms in total. The van der Waals surface area contributed by atoms with Gasteiger partial charge in [-0.25, -0.2) is 0 Å². The summed E-state index contributed by atoms with van der Waals surface area (Å²) < 4.78 is 5.69. The van der Waals surface area contributed by atoms with E-state index in [1.807, 2.05) is 37.3 Å². The third-order valence-corrected chi connectivity index (χ3v) is 3.49. The summed E-state index contributed by atoms with van der Waals surface area (Å²) in [6, 6.07) is 16.9. The fraction of sp³-hybridized carbons (Fsp3) is 0.167. The Labute approximate surface area is 134 Å². The minimum absolute atomic E-state index is 0.509. The van der Waals surface area contributed by atoms with E-state index in [4.69, 9.17) is 4.74 Å². The van der Waals surface area contributed by atoms with Gasteiger partial charge in [0.15, 0.2) is 0 Å². The lowest BCUT2D eigenvalue weighted by molar-refractivity contribution is 0.112. The molecule has 23 heavy (non-hydrogen) atoms. The first-order chi connectivity index (χ1) is 11.3. The molecule has 0 bridgehead atoms. The lowest BCUT2D eigenvalue weighted by Gasteiger charge is -2.05. The van der Waals surface area contributed by atoms with E-state index in [1.165, 1.54) is 0 Å². The summed E-state index contributed by atoms with van der Waals surface area (Å²) in [5.74, 6) is 0.740. The Morgan fingerprint density at radius 3 is 2.48 bits per heavy atom. The maximum Gasteiger partial charge on any atom is 0.150 e. The van der Waals surface area contributed by atoms with E-state index in [2.05, 4.69) is 10.2 Å². The minimum Gasteiger partial charge on any atom is -0.493 e. The quantitative estimate of drug-likeness (QED) is 0.657. The predicted molar refractivity (Wildman–Crippen MR) is 87.1 cm³/mol. The van der Waals surface area contributed by atoms with Crippen molar-refractivity contribution in [2.45, 2.75) is 13.3 Å². The SMILES string of the molecule is Cc1nn(-c2ccccc2)nc1CCOc1ccc(C=O)cc1. The van der Waals surface area contributed by atoms with Gasteiger partial charge in [-0.2, -0.15) is 15.0 Å². The van der Waals surface area contributed by atoms with Crippen LogP contribution in [0.2, 0.25) is 0 Å². The van der Waals surface area contributed by atoms with Gasteiger partial charge in [0, 0.05) is 12.0 Å². The monoisotopic (exact) mass is 307 g/mol. The highest BCUT2D eigenvalue weighted by molar-refractivity contribution is 5.74. The number of hydrogen-bond donors (Lipinski definition) is 0. The molecule has 0 aliphatic heterocycles. The van der Waals surface area contributed by atoms with Gasteiger partial charge in [0.1, 0.15) is 12.0 Å². The van der Waals surface area contributed by atoms with Crippen LogP contribution in [-0.4, -0.2) is 27.9 Å². The van der Waals surface area contributed by atoms with Crippen LogP contribution in [0.5, 0.6) is 5.75 Å². The molecular formula is C18H17N3O2. The fourth-order valence-electron chi connectivity index (χ4n) is 2.22. The number of benzene rings is 2. The Morgan fingerprint density at radius 1 is 1.04 bits per heavy atom. The van der Waals surface area contributed by atoms with Crippen LogP contribution in [0.15, 0.2) is 54.6 Å². The van der Waals surface area contributed by atoms with E-state index in [0.717, 1.165) is 29.1 Å². The number of aromatic nitrogens is 3. The summed E-state index contributed by atoms with van der Waals surface area (Å²) in [5.41, 5.74) is 3.39. The number of aryl methyl sites for hydroxylation is 1. The second-order valence-electron chi connectivity index (χ2n) is 5.14. The van der Waals surface area contributed by atoms with Gasteiger partial charge in [0.2, 0.25) is 0 Å². The fourth-order valence-corrected chi connectivity index (χ4v) is 2.22. The van der Waals surface area contributed by atoms with Crippen molar-refractivity contribution in [2.24, 2.45) is 0 Å². The predicted octanol–water partition coefficient (Wildman–Crippen LogP) is 3.01. The second-order valence-corrected chi connectivity index (χ2v) is 5.14. The summed E-state index contributed by atoms with van der Waals surface area (Å²) in [6.45, 7) is 2.45. The van der Waals surface area contributed by atoms with Crippen LogP contribution in [0, 0.1) is 6.92 Å². The van der Waals surface area contributed by atoms with Gasteiger partial charge in [-0.1, -0.05) is 18.2 Å². The largest absolute Gasteiger partial charge is 0.493 e. The first kappa shape index (κ1) is 15.0. The molecule has 0 atom stereocenters. The molecule has 0 unspecified atom stereocenters. The zero-order valence-electron chi connectivity index (χ0n) is 12.8. The van der Waals surface area contributed by atoms with Crippen molar-refractivity contribution >= 4 is 6.29 Å². The number of aldehydes is 1. The summed E-state index contributed by atoms with van der Waals surface area (Å²) >= 11 is 0. The number of carbonyl (C=O) groups is 1. The number of nitrogens with zero attached hydrogens (tertiary/aromatic N) is 3. The van der Waals surface area contributed by atoms with Crippen LogP contribution in [0.4, 0.5) is 0 Å². The van der Waals surface area contributed by atoms with Gasteiger partial charge >= 0.3 is 0 Å². The second kappa shape index (κ2) is 6.87. The standard InChI is InChI=1S/C18H17N3O2/c1-14-18(20-21(19-14)16-5-3-2-4-6-16)11-12-23-17-9-7-15(13-22)8-10-17/h2-10,13H,11-12H2,1H3. The first-order valence-electron chi connectivity index (χ1n) is 7.42. The number of rotatable bonds is 6. The first-order valence-corrected chi connectivity index (χ1v) is 7.42. The summed E-state index contributed by atoms with van der Waals surface area (Å²) in [4.78, 5) is 12.3. The zero-order chi connectivity index (χ0) is 16.1. The van der Waals surface area contributed by atoms with Gasteiger partial charge in [0.25, 0.3) is 0 Å². The maximum absolute atomic E-state index is 10.6. The normalized spacial score (nSPS) is 10.5. The molecule has 116 valence electrons. The maximum atomic E-state index is 10.6. The van der Waals surface area contributed by atoms with Crippen molar-refractivity contribution in [3.05, 3.63) is 71.5 Å². The van der Waals surface area contributed by atoms with Crippen molar-refractivity contribution in [2.75, 3.05) is 6.61 Å². The van der Waals surface area contributed by atoms with Crippen molar-refractivity contribution in [1.82, 2.24) is 15.0 Å². The van der Waals surface area contributed by atoms with E-state index in [0.29, 0.717) is 18.6 Å². The summed E-state index contributed by atoms with van der Waals surface area (Å²) in [7, 11) is 0. The molecule has 1 heterocycles. The molecular weight excluding hydrogens is 290 g/mol. The number of carbonyl (C=O) groups excluding carboxylic acids is 1. The molecule has 0 spiro atoms. The number of hydrogen-bond acceptors (Lipinski definition) is 4. The van der Waals surface area contributed by atoms with Crippen LogP contribution in [-0.2, 0) is 6.42 Å². The minimum atomic E-state index is 0.509. The molecule has 1 aromatic heterocycles. The third-order valence-electron chi connectivity index (χ3n) is 3.49. The van der Waals surface area contributed by atoms with Gasteiger partial charge in [-0.15, -0.1) is 0 Å². The van der Waals surface area contributed by atoms with E-state index in [1.54, 1.807) is 29.1 Å². The molecule has 5 heteroatoms. The third kappa shape index (κ3) is 3.63. The highest BCUT2D eigenvalue weighted by Crippen LogP contribution is 2.13. The molecule has 0 radical (unpaired) electrons. The van der Waals surface area contributed by atoms with Crippen molar-refractivity contribution in [3.63, 3.8) is 0 Å². The van der Waals surface area contributed by atoms with Crippen LogP contribution < -0.4 is 4.74 Å². The van der Waals surface area contributed by atoms with Gasteiger partial charge < -0.3 is 4.74 Å². The molecule has 0 saturated carbocycles. The topological polar surface area (TPSA) is 57.0 Å². The average molecular weight is 307 g/mol. The lowest BCUT2D eigenvalue weighted by atomic mass is 10.2. The van der Waals surface area contributed by atoms with Crippen LogP contribution in [0.25, 0.3) is 5.69 Å². The Balaban J connectivity index is 1.62. The van der Waals surface area contributed by atoms with E-state index >= 15 is 0 Å². The number of para-hydroxylation sites is 1. The van der Waals surface area contributed by atoms with Crippen molar-refractivity contribution < 1.29 is 9.53 Å². The molecule has 0 fully saturated rings. The van der Waals surface area contributed by atoms with E-state index in [-0.39, 0.29) is 0 Å². The smallest absolute Gasteiger partial charge is 0.150 e. The average Bonchev–Trinajstić information content (AvgIpc) is 2.97. The number of ether oxygens (including phenoxy) is 1. The molecule has 0 saturated heterocycles. The lowest BCUT2D eigenvalue weighted by Crippen LogP contribution is -2.04. The summed E-state index contributed by atoms with van der Waals surface area (Å²) in [5, 5.41) is 8.96. The van der Waals surface area contributed by atoms with E-state index < -0.39 is 0 Å². The molecule has 0 aliphatic rings. The van der Waals surface area contributed by atoms with Crippen LogP contribution >= 0.6 is 0 Å². The highest BCUT2D eigenvalue weighted by Gasteiger charge is 2.08. The highest BCUT2D eigenvalue weighted by atomic mass is 16.5. The molecule has 3 aromatic rings. The van der Waals surface area contributed by atoms with Gasteiger partial charge in [-0.3, -0.25) is 4.79 Å².